The molecule has 0 aliphatic carbocycles. The number of methoxy groups -OCH3 is 1. The van der Waals surface area contributed by atoms with Gasteiger partial charge in [-0.3, -0.25) is 14.4 Å². The van der Waals surface area contributed by atoms with Crippen molar-refractivity contribution in [3.05, 3.63) is 35.3 Å². The van der Waals surface area contributed by atoms with Crippen molar-refractivity contribution in [2.24, 2.45) is 11.8 Å². The van der Waals surface area contributed by atoms with Gasteiger partial charge in [-0.1, -0.05) is 0 Å². The number of ether oxygens (including phenoxy) is 1. The zero-order valence-corrected chi connectivity index (χ0v) is 18.5. The second kappa shape index (κ2) is 9.05. The Labute approximate surface area is 185 Å². The minimum absolute atomic E-state index is 0.00114. The Hall–Kier alpha value is -2.94. The molecule has 3 heterocycles. The van der Waals surface area contributed by atoms with Gasteiger partial charge in [0, 0.05) is 43.0 Å². The SMILES string of the molecule is COc1ccc(N2C[C@@H](C(=O)N3CCC(C(=O)Nc4nc(C)cs4)CC3)CC2=O)cc1. The van der Waals surface area contributed by atoms with Crippen LogP contribution in [-0.4, -0.2) is 54.3 Å². The summed E-state index contributed by atoms with van der Waals surface area (Å²) < 4.78 is 5.16. The number of rotatable bonds is 5. The summed E-state index contributed by atoms with van der Waals surface area (Å²) in [5.41, 5.74) is 1.66. The number of nitrogens with one attached hydrogen (secondary N) is 1. The molecule has 9 heteroatoms. The van der Waals surface area contributed by atoms with Crippen molar-refractivity contribution in [1.29, 1.82) is 0 Å². The van der Waals surface area contributed by atoms with Crippen LogP contribution < -0.4 is 15.0 Å². The second-order valence-corrected chi connectivity index (χ2v) is 8.84. The molecule has 0 unspecified atom stereocenters. The Morgan fingerprint density at radius 1 is 1.16 bits per heavy atom. The number of aromatic nitrogens is 1. The third-order valence-electron chi connectivity index (χ3n) is 5.88. The summed E-state index contributed by atoms with van der Waals surface area (Å²) in [6, 6.07) is 7.27. The Balaban J connectivity index is 1.30. The molecule has 8 nitrogen and oxygen atoms in total. The molecule has 2 aliphatic heterocycles. The number of carbonyl (C=O) groups excluding carboxylic acids is 3. The molecule has 31 heavy (non-hydrogen) atoms. The van der Waals surface area contributed by atoms with Crippen molar-refractivity contribution in [2.45, 2.75) is 26.2 Å². The summed E-state index contributed by atoms with van der Waals surface area (Å²) in [7, 11) is 1.59. The van der Waals surface area contributed by atoms with Crippen LogP contribution in [0.3, 0.4) is 0 Å². The number of likely N-dealkylation sites (tertiary alicyclic amines) is 1. The molecule has 2 fully saturated rings. The van der Waals surface area contributed by atoms with E-state index in [9.17, 15) is 14.4 Å². The Morgan fingerprint density at radius 3 is 2.48 bits per heavy atom. The highest BCUT2D eigenvalue weighted by atomic mass is 32.1. The molecular weight excluding hydrogens is 416 g/mol. The maximum absolute atomic E-state index is 13.0. The van der Waals surface area contributed by atoms with Crippen LogP contribution in [0.2, 0.25) is 0 Å². The van der Waals surface area contributed by atoms with Gasteiger partial charge in [-0.15, -0.1) is 11.3 Å². The van der Waals surface area contributed by atoms with Gasteiger partial charge < -0.3 is 19.9 Å². The molecule has 2 saturated heterocycles. The van der Waals surface area contributed by atoms with Crippen molar-refractivity contribution in [1.82, 2.24) is 9.88 Å². The first-order valence-electron chi connectivity index (χ1n) is 10.4. The molecule has 1 aromatic heterocycles. The number of thiazole rings is 1. The number of carbonyl (C=O) groups is 3. The zero-order chi connectivity index (χ0) is 22.0. The first-order chi connectivity index (χ1) is 14.9. The fourth-order valence-corrected chi connectivity index (χ4v) is 4.81. The molecule has 0 radical (unpaired) electrons. The maximum atomic E-state index is 13.0. The van der Waals surface area contributed by atoms with Gasteiger partial charge >= 0.3 is 0 Å². The third kappa shape index (κ3) is 4.71. The quantitative estimate of drug-likeness (QED) is 0.769. The molecule has 2 aliphatic rings. The van der Waals surface area contributed by atoms with Crippen molar-refractivity contribution in [3.63, 3.8) is 0 Å². The fraction of sp³-hybridized carbons (Fsp3) is 0.455. The Morgan fingerprint density at radius 2 is 1.87 bits per heavy atom. The summed E-state index contributed by atoms with van der Waals surface area (Å²) in [5, 5.41) is 5.39. The van der Waals surface area contributed by atoms with E-state index in [2.05, 4.69) is 10.3 Å². The average Bonchev–Trinajstić information content (AvgIpc) is 3.38. The molecule has 1 atom stereocenters. The lowest BCUT2D eigenvalue weighted by Gasteiger charge is -2.32. The van der Waals surface area contributed by atoms with Crippen LogP contribution >= 0.6 is 11.3 Å². The standard InChI is InChI=1S/C22H26N4O4S/c1-14-13-31-22(23-14)24-20(28)15-7-9-25(10-8-15)21(29)16-11-19(27)26(12-16)17-3-5-18(30-2)6-4-17/h3-6,13,15-16H,7-12H2,1-2H3,(H,23,24,28)/t16-/m0/s1. The van der Waals surface area contributed by atoms with Gasteiger partial charge in [-0.05, 0) is 44.0 Å². The molecule has 4 rings (SSSR count). The summed E-state index contributed by atoms with van der Waals surface area (Å²) >= 11 is 1.41. The number of hydrogen-bond acceptors (Lipinski definition) is 6. The Bertz CT molecular complexity index is 966. The minimum atomic E-state index is -0.349. The van der Waals surface area contributed by atoms with Crippen LogP contribution in [0.1, 0.15) is 25.0 Å². The number of amides is 3. The molecule has 0 spiro atoms. The summed E-state index contributed by atoms with van der Waals surface area (Å²) in [6.07, 6.45) is 1.45. The third-order valence-corrected chi connectivity index (χ3v) is 6.76. The van der Waals surface area contributed by atoms with Crippen molar-refractivity contribution < 1.29 is 19.1 Å². The monoisotopic (exact) mass is 442 g/mol. The maximum Gasteiger partial charge on any atom is 0.229 e. The van der Waals surface area contributed by atoms with Crippen LogP contribution in [0.4, 0.5) is 10.8 Å². The number of anilines is 2. The lowest BCUT2D eigenvalue weighted by molar-refractivity contribution is -0.138. The van der Waals surface area contributed by atoms with Crippen molar-refractivity contribution >= 4 is 39.9 Å². The predicted molar refractivity (Wildman–Crippen MR) is 118 cm³/mol. The van der Waals surface area contributed by atoms with Crippen molar-refractivity contribution in [3.8, 4) is 5.75 Å². The molecule has 1 N–H and O–H groups in total. The van der Waals surface area contributed by atoms with Gasteiger partial charge in [0.25, 0.3) is 0 Å². The average molecular weight is 443 g/mol. The van der Waals surface area contributed by atoms with E-state index in [0.29, 0.717) is 37.6 Å². The number of piperidine rings is 1. The lowest BCUT2D eigenvalue weighted by atomic mass is 9.94. The molecule has 164 valence electrons. The molecule has 3 amide bonds. The van der Waals surface area contributed by atoms with Crippen LogP contribution in [0.25, 0.3) is 0 Å². The van der Waals surface area contributed by atoms with E-state index in [0.717, 1.165) is 17.1 Å². The van der Waals surface area contributed by atoms with Gasteiger partial charge in [-0.2, -0.15) is 0 Å². The predicted octanol–water partition coefficient (Wildman–Crippen LogP) is 2.69. The summed E-state index contributed by atoms with van der Waals surface area (Å²) in [5.74, 6) is 0.158. The smallest absolute Gasteiger partial charge is 0.229 e. The normalized spacial score (nSPS) is 19.5. The first-order valence-corrected chi connectivity index (χ1v) is 11.3. The zero-order valence-electron chi connectivity index (χ0n) is 17.7. The fourth-order valence-electron chi connectivity index (χ4n) is 4.12. The molecule has 0 bridgehead atoms. The van der Waals surface area contributed by atoms with Gasteiger partial charge in [-0.25, -0.2) is 4.98 Å². The highest BCUT2D eigenvalue weighted by molar-refractivity contribution is 7.13. The molecule has 1 aromatic carbocycles. The van der Waals surface area contributed by atoms with Crippen LogP contribution in [-0.2, 0) is 14.4 Å². The van der Waals surface area contributed by atoms with E-state index in [1.165, 1.54) is 11.3 Å². The van der Waals surface area contributed by atoms with Gasteiger partial charge in [0.2, 0.25) is 17.7 Å². The number of nitrogens with zero attached hydrogens (tertiary/aromatic N) is 3. The molecule has 0 saturated carbocycles. The van der Waals surface area contributed by atoms with Crippen LogP contribution in [0, 0.1) is 18.8 Å². The summed E-state index contributed by atoms with van der Waals surface area (Å²) in [6.45, 7) is 3.33. The van der Waals surface area contributed by atoms with Gasteiger partial charge in [0.1, 0.15) is 5.75 Å². The second-order valence-electron chi connectivity index (χ2n) is 7.99. The van der Waals surface area contributed by atoms with Crippen molar-refractivity contribution in [2.75, 3.05) is 37.0 Å². The van der Waals surface area contributed by atoms with E-state index in [1.807, 2.05) is 24.4 Å². The van der Waals surface area contributed by atoms with E-state index in [1.54, 1.807) is 29.0 Å². The number of hydrogen-bond donors (Lipinski definition) is 1. The topological polar surface area (TPSA) is 91.8 Å². The summed E-state index contributed by atoms with van der Waals surface area (Å²) in [4.78, 5) is 45.7. The number of benzene rings is 1. The van der Waals surface area contributed by atoms with Crippen LogP contribution in [0.5, 0.6) is 5.75 Å². The van der Waals surface area contributed by atoms with Gasteiger partial charge in [0.05, 0.1) is 18.7 Å². The highest BCUT2D eigenvalue weighted by Gasteiger charge is 2.38. The first kappa shape index (κ1) is 21.3. The van der Waals surface area contributed by atoms with E-state index < -0.39 is 0 Å². The molecular formula is C22H26N4O4S. The molecule has 2 aromatic rings. The Kier molecular flexibility index (Phi) is 6.22. The minimum Gasteiger partial charge on any atom is -0.497 e. The highest BCUT2D eigenvalue weighted by Crippen LogP contribution is 2.29. The lowest BCUT2D eigenvalue weighted by Crippen LogP contribution is -2.44. The number of aryl methyl sites for hydroxylation is 1. The van der Waals surface area contributed by atoms with E-state index >= 15 is 0 Å². The van der Waals surface area contributed by atoms with Gasteiger partial charge in [0.15, 0.2) is 5.13 Å². The largest absolute Gasteiger partial charge is 0.497 e. The van der Waals surface area contributed by atoms with E-state index in [4.69, 9.17) is 4.74 Å². The van der Waals surface area contributed by atoms with E-state index in [-0.39, 0.29) is 36.0 Å². The van der Waals surface area contributed by atoms with Crippen LogP contribution in [0.15, 0.2) is 29.6 Å².